The first kappa shape index (κ1) is 16.8. The highest BCUT2D eigenvalue weighted by atomic mass is 16.5. The Bertz CT molecular complexity index is 416. The van der Waals surface area contributed by atoms with Crippen molar-refractivity contribution in [1.29, 1.82) is 0 Å². The van der Waals surface area contributed by atoms with Crippen LogP contribution in [0.2, 0.25) is 0 Å². The number of hydrogen-bond donors (Lipinski definition) is 2. The molecule has 0 aliphatic heterocycles. The lowest BCUT2D eigenvalue weighted by Gasteiger charge is -2.22. The Morgan fingerprint density at radius 2 is 1.95 bits per heavy atom. The lowest BCUT2D eigenvalue weighted by atomic mass is 9.95. The van der Waals surface area contributed by atoms with Gasteiger partial charge in [-0.1, -0.05) is 19.9 Å². The first-order valence-electron chi connectivity index (χ1n) is 7.03. The van der Waals surface area contributed by atoms with Gasteiger partial charge in [0, 0.05) is 25.1 Å². The molecule has 0 aliphatic rings. The molecule has 0 saturated carbocycles. The molecule has 0 bridgehead atoms. The van der Waals surface area contributed by atoms with E-state index in [1.165, 1.54) is 0 Å². The molecule has 4 heteroatoms. The van der Waals surface area contributed by atoms with Crippen LogP contribution in [0.15, 0.2) is 18.2 Å². The van der Waals surface area contributed by atoms with Gasteiger partial charge in [-0.05, 0) is 31.5 Å². The third-order valence-corrected chi connectivity index (χ3v) is 2.95. The SMILES string of the molecule is COc1cc(CNCC(C)(C)CO)ccc1OC(C)C. The van der Waals surface area contributed by atoms with Gasteiger partial charge in [0.1, 0.15) is 0 Å². The summed E-state index contributed by atoms with van der Waals surface area (Å²) in [4.78, 5) is 0. The molecule has 2 N–H and O–H groups in total. The van der Waals surface area contributed by atoms with Crippen molar-refractivity contribution in [3.8, 4) is 11.5 Å². The van der Waals surface area contributed by atoms with Crippen molar-refractivity contribution < 1.29 is 14.6 Å². The molecule has 0 aliphatic carbocycles. The van der Waals surface area contributed by atoms with Crippen molar-refractivity contribution in [2.45, 2.75) is 40.3 Å². The third-order valence-electron chi connectivity index (χ3n) is 2.95. The van der Waals surface area contributed by atoms with Gasteiger partial charge in [-0.2, -0.15) is 0 Å². The van der Waals surface area contributed by atoms with Crippen molar-refractivity contribution in [2.75, 3.05) is 20.3 Å². The number of rotatable bonds is 8. The molecule has 0 saturated heterocycles. The summed E-state index contributed by atoms with van der Waals surface area (Å²) in [6.07, 6.45) is 0.123. The van der Waals surface area contributed by atoms with E-state index >= 15 is 0 Å². The topological polar surface area (TPSA) is 50.7 Å². The summed E-state index contributed by atoms with van der Waals surface area (Å²) in [5.74, 6) is 1.52. The van der Waals surface area contributed by atoms with Crippen LogP contribution in [0.4, 0.5) is 0 Å². The first-order valence-corrected chi connectivity index (χ1v) is 7.03. The van der Waals surface area contributed by atoms with Gasteiger partial charge in [-0.15, -0.1) is 0 Å². The Morgan fingerprint density at radius 3 is 2.50 bits per heavy atom. The van der Waals surface area contributed by atoms with Gasteiger partial charge < -0.3 is 19.9 Å². The minimum absolute atomic E-state index is 0.106. The summed E-state index contributed by atoms with van der Waals surface area (Å²) in [6.45, 7) is 9.71. The highest BCUT2D eigenvalue weighted by Crippen LogP contribution is 2.29. The molecule has 1 aromatic rings. The predicted octanol–water partition coefficient (Wildman–Crippen LogP) is 2.59. The smallest absolute Gasteiger partial charge is 0.161 e. The zero-order valence-corrected chi connectivity index (χ0v) is 13.2. The third kappa shape index (κ3) is 5.39. The Balaban J connectivity index is 2.64. The van der Waals surface area contributed by atoms with Gasteiger partial charge >= 0.3 is 0 Å². The summed E-state index contributed by atoms with van der Waals surface area (Å²) >= 11 is 0. The number of hydrogen-bond acceptors (Lipinski definition) is 4. The number of nitrogens with one attached hydrogen (secondary N) is 1. The Kier molecular flexibility index (Phi) is 6.30. The van der Waals surface area contributed by atoms with E-state index in [9.17, 15) is 5.11 Å². The quantitative estimate of drug-likeness (QED) is 0.769. The van der Waals surface area contributed by atoms with Crippen molar-refractivity contribution in [1.82, 2.24) is 5.32 Å². The molecule has 0 amide bonds. The molecule has 20 heavy (non-hydrogen) atoms. The molecule has 0 aromatic heterocycles. The zero-order chi connectivity index (χ0) is 15.2. The van der Waals surface area contributed by atoms with Crippen LogP contribution in [-0.2, 0) is 6.54 Å². The van der Waals surface area contributed by atoms with Crippen LogP contribution in [-0.4, -0.2) is 31.5 Å². The molecule has 0 heterocycles. The minimum Gasteiger partial charge on any atom is -0.493 e. The van der Waals surface area contributed by atoms with Crippen LogP contribution in [0.25, 0.3) is 0 Å². The fraction of sp³-hybridized carbons (Fsp3) is 0.625. The van der Waals surface area contributed by atoms with Gasteiger partial charge in [-0.25, -0.2) is 0 Å². The maximum absolute atomic E-state index is 9.22. The van der Waals surface area contributed by atoms with E-state index in [1.807, 2.05) is 45.9 Å². The predicted molar refractivity (Wildman–Crippen MR) is 81.3 cm³/mol. The average Bonchev–Trinajstić information content (AvgIpc) is 2.39. The number of aliphatic hydroxyl groups is 1. The summed E-state index contributed by atoms with van der Waals surface area (Å²) in [5.41, 5.74) is 1.02. The number of benzene rings is 1. The molecule has 0 radical (unpaired) electrons. The van der Waals surface area contributed by atoms with Gasteiger partial charge in [0.2, 0.25) is 0 Å². The summed E-state index contributed by atoms with van der Waals surface area (Å²) in [6, 6.07) is 5.95. The van der Waals surface area contributed by atoms with Crippen LogP contribution in [0.5, 0.6) is 11.5 Å². The zero-order valence-electron chi connectivity index (χ0n) is 13.2. The van der Waals surface area contributed by atoms with Gasteiger partial charge in [0.25, 0.3) is 0 Å². The molecule has 4 nitrogen and oxygen atoms in total. The molecule has 1 rings (SSSR count). The highest BCUT2D eigenvalue weighted by Gasteiger charge is 2.15. The van der Waals surface area contributed by atoms with E-state index in [1.54, 1.807) is 7.11 Å². The van der Waals surface area contributed by atoms with Gasteiger partial charge in [-0.3, -0.25) is 0 Å². The van der Waals surface area contributed by atoms with Crippen LogP contribution in [0.3, 0.4) is 0 Å². The Labute approximate surface area is 122 Å². The summed E-state index contributed by atoms with van der Waals surface area (Å²) in [7, 11) is 1.65. The van der Waals surface area contributed by atoms with Gasteiger partial charge in [0.05, 0.1) is 13.2 Å². The van der Waals surface area contributed by atoms with Crippen LogP contribution >= 0.6 is 0 Å². The maximum Gasteiger partial charge on any atom is 0.161 e. The molecular formula is C16H27NO3. The molecular weight excluding hydrogens is 254 g/mol. The second kappa shape index (κ2) is 7.50. The number of methoxy groups -OCH3 is 1. The van der Waals surface area contributed by atoms with E-state index < -0.39 is 0 Å². The average molecular weight is 281 g/mol. The normalized spacial score (nSPS) is 11.8. The number of aliphatic hydroxyl groups excluding tert-OH is 1. The number of ether oxygens (including phenoxy) is 2. The molecule has 0 fully saturated rings. The van der Waals surface area contributed by atoms with Crippen molar-refractivity contribution in [2.24, 2.45) is 5.41 Å². The largest absolute Gasteiger partial charge is 0.493 e. The lowest BCUT2D eigenvalue weighted by Crippen LogP contribution is -2.31. The highest BCUT2D eigenvalue weighted by molar-refractivity contribution is 5.43. The summed E-state index contributed by atoms with van der Waals surface area (Å²) < 4.78 is 11.1. The van der Waals surface area contributed by atoms with Crippen LogP contribution in [0.1, 0.15) is 33.3 Å². The second-order valence-electron chi connectivity index (χ2n) is 6.08. The molecule has 0 spiro atoms. The van der Waals surface area contributed by atoms with E-state index in [0.717, 1.165) is 30.2 Å². The fourth-order valence-corrected chi connectivity index (χ4v) is 1.77. The van der Waals surface area contributed by atoms with Crippen molar-refractivity contribution in [3.05, 3.63) is 23.8 Å². The standard InChI is InChI=1S/C16H27NO3/c1-12(2)20-14-7-6-13(8-15(14)19-5)9-17-10-16(3,4)11-18/h6-8,12,17-18H,9-11H2,1-5H3. The van der Waals surface area contributed by atoms with E-state index in [2.05, 4.69) is 5.32 Å². The maximum atomic E-state index is 9.22. The van der Waals surface area contributed by atoms with Crippen molar-refractivity contribution >= 4 is 0 Å². The fourth-order valence-electron chi connectivity index (χ4n) is 1.77. The van der Waals surface area contributed by atoms with E-state index in [4.69, 9.17) is 9.47 Å². The van der Waals surface area contributed by atoms with Gasteiger partial charge in [0.15, 0.2) is 11.5 Å². The van der Waals surface area contributed by atoms with E-state index in [-0.39, 0.29) is 18.1 Å². The van der Waals surface area contributed by atoms with Crippen LogP contribution < -0.4 is 14.8 Å². The molecule has 1 aromatic carbocycles. The van der Waals surface area contributed by atoms with E-state index in [0.29, 0.717) is 0 Å². The Morgan fingerprint density at radius 1 is 1.25 bits per heavy atom. The molecule has 114 valence electrons. The van der Waals surface area contributed by atoms with Crippen LogP contribution in [0, 0.1) is 5.41 Å². The second-order valence-corrected chi connectivity index (χ2v) is 6.08. The summed E-state index contributed by atoms with van der Waals surface area (Å²) in [5, 5.41) is 12.6. The monoisotopic (exact) mass is 281 g/mol. The molecule has 0 atom stereocenters. The first-order chi connectivity index (χ1) is 9.38. The Hall–Kier alpha value is -1.26. The lowest BCUT2D eigenvalue weighted by molar-refractivity contribution is 0.156. The van der Waals surface area contributed by atoms with Crippen molar-refractivity contribution in [3.63, 3.8) is 0 Å². The molecule has 0 unspecified atom stereocenters. The minimum atomic E-state index is -0.106.